The van der Waals surface area contributed by atoms with Crippen LogP contribution in [0.2, 0.25) is 0 Å². The summed E-state index contributed by atoms with van der Waals surface area (Å²) in [4.78, 5) is 15.3. The van der Waals surface area contributed by atoms with E-state index in [1.54, 1.807) is 0 Å². The minimum absolute atomic E-state index is 0.0569. The van der Waals surface area contributed by atoms with Crippen LogP contribution in [0.1, 0.15) is 24.1 Å². The van der Waals surface area contributed by atoms with Crippen molar-refractivity contribution in [3.05, 3.63) is 66.1 Å². The van der Waals surface area contributed by atoms with Crippen molar-refractivity contribution in [3.8, 4) is 22.4 Å². The molecule has 1 heterocycles. The molecule has 23 heavy (non-hydrogen) atoms. The molecule has 3 nitrogen and oxygen atoms in total. The highest BCUT2D eigenvalue weighted by atomic mass is 16.1. The Balaban J connectivity index is 1.87. The predicted octanol–water partition coefficient (Wildman–Crippen LogP) is 4.36. The minimum Gasteiger partial charge on any atom is -0.337 e. The summed E-state index contributed by atoms with van der Waals surface area (Å²) in [5, 5.41) is 0. The highest BCUT2D eigenvalue weighted by Gasteiger charge is 2.08. The second-order valence-corrected chi connectivity index (χ2v) is 5.91. The van der Waals surface area contributed by atoms with Gasteiger partial charge in [-0.25, -0.2) is 4.98 Å². The van der Waals surface area contributed by atoms with Crippen LogP contribution in [-0.2, 0) is 11.8 Å². The van der Waals surface area contributed by atoms with Crippen LogP contribution in [-0.4, -0.2) is 15.8 Å². The molecule has 1 atom stereocenters. The highest BCUT2D eigenvalue weighted by molar-refractivity contribution is 5.70. The highest BCUT2D eigenvalue weighted by Crippen LogP contribution is 2.26. The number of nitrogens with zero attached hydrogens (tertiary/aromatic N) is 2. The van der Waals surface area contributed by atoms with E-state index in [0.717, 1.165) is 39.9 Å². The summed E-state index contributed by atoms with van der Waals surface area (Å²) in [5.74, 6) is -0.0569. The number of hydrogen-bond acceptors (Lipinski definition) is 2. The van der Waals surface area contributed by atoms with Crippen molar-refractivity contribution in [2.24, 2.45) is 7.05 Å². The zero-order valence-electron chi connectivity index (χ0n) is 13.7. The number of aromatic nitrogens is 2. The van der Waals surface area contributed by atoms with E-state index >= 15 is 0 Å². The second kappa shape index (κ2) is 6.21. The molecule has 0 N–H and O–H groups in total. The van der Waals surface area contributed by atoms with E-state index in [0.29, 0.717) is 0 Å². The Hall–Kier alpha value is -2.68. The molecule has 0 amide bonds. The van der Waals surface area contributed by atoms with Crippen molar-refractivity contribution in [3.63, 3.8) is 0 Å². The van der Waals surface area contributed by atoms with Crippen LogP contribution in [0.25, 0.3) is 22.4 Å². The van der Waals surface area contributed by atoms with Gasteiger partial charge in [-0.15, -0.1) is 0 Å². The smallest absolute Gasteiger partial charge is 0.127 e. The Bertz CT molecular complexity index is 814. The average molecular weight is 304 g/mol. The zero-order chi connectivity index (χ0) is 16.4. The first-order chi connectivity index (χ1) is 11.1. The Morgan fingerprint density at radius 1 is 0.957 bits per heavy atom. The maximum Gasteiger partial charge on any atom is 0.127 e. The van der Waals surface area contributed by atoms with Gasteiger partial charge in [0.05, 0.1) is 12.0 Å². The lowest BCUT2D eigenvalue weighted by atomic mass is 9.97. The fourth-order valence-corrected chi connectivity index (χ4v) is 2.65. The molecule has 0 spiro atoms. The van der Waals surface area contributed by atoms with Gasteiger partial charge < -0.3 is 9.36 Å². The standard InChI is InChI=1S/C20H20N2O/c1-14(12-23)16-4-6-17(7-5-16)18-8-10-19(11-9-18)20-15(2)22(3)13-21-20/h4-14H,1-3H3. The predicted molar refractivity (Wildman–Crippen MR) is 93.3 cm³/mol. The fourth-order valence-electron chi connectivity index (χ4n) is 2.65. The molecule has 0 saturated carbocycles. The van der Waals surface area contributed by atoms with E-state index in [2.05, 4.69) is 48.3 Å². The summed E-state index contributed by atoms with van der Waals surface area (Å²) in [6.45, 7) is 3.98. The summed E-state index contributed by atoms with van der Waals surface area (Å²) in [5.41, 5.74) is 6.66. The first kappa shape index (κ1) is 15.2. The molecule has 0 aliphatic carbocycles. The van der Waals surface area contributed by atoms with Crippen LogP contribution in [0, 0.1) is 6.92 Å². The summed E-state index contributed by atoms with van der Waals surface area (Å²) in [7, 11) is 2.00. The number of imidazole rings is 1. The normalized spacial score (nSPS) is 12.1. The van der Waals surface area contributed by atoms with Crippen LogP contribution < -0.4 is 0 Å². The molecule has 0 aliphatic rings. The van der Waals surface area contributed by atoms with Crippen LogP contribution in [0.4, 0.5) is 0 Å². The molecular formula is C20H20N2O. The van der Waals surface area contributed by atoms with E-state index < -0.39 is 0 Å². The monoisotopic (exact) mass is 304 g/mol. The summed E-state index contributed by atoms with van der Waals surface area (Å²) in [6.07, 6.45) is 2.81. The minimum atomic E-state index is -0.0569. The first-order valence-corrected chi connectivity index (χ1v) is 7.74. The molecule has 0 bridgehead atoms. The topological polar surface area (TPSA) is 34.9 Å². The molecule has 3 aromatic rings. The van der Waals surface area contributed by atoms with Gasteiger partial charge >= 0.3 is 0 Å². The molecule has 3 heteroatoms. The van der Waals surface area contributed by atoms with Gasteiger partial charge in [-0.3, -0.25) is 0 Å². The van der Waals surface area contributed by atoms with Gasteiger partial charge in [0, 0.05) is 24.2 Å². The lowest BCUT2D eigenvalue weighted by molar-refractivity contribution is -0.108. The van der Waals surface area contributed by atoms with Gasteiger partial charge in [0.1, 0.15) is 6.29 Å². The number of benzene rings is 2. The Morgan fingerprint density at radius 2 is 1.48 bits per heavy atom. The number of rotatable bonds is 4. The third-order valence-electron chi connectivity index (χ3n) is 4.36. The van der Waals surface area contributed by atoms with E-state index in [9.17, 15) is 4.79 Å². The van der Waals surface area contributed by atoms with Gasteiger partial charge in [-0.2, -0.15) is 0 Å². The first-order valence-electron chi connectivity index (χ1n) is 7.74. The number of carbonyl (C=O) groups is 1. The van der Waals surface area contributed by atoms with Crippen molar-refractivity contribution < 1.29 is 4.79 Å². The van der Waals surface area contributed by atoms with Crippen LogP contribution >= 0.6 is 0 Å². The maximum atomic E-state index is 10.9. The molecule has 3 rings (SSSR count). The molecule has 1 aromatic heterocycles. The molecule has 1 unspecified atom stereocenters. The van der Waals surface area contributed by atoms with Crippen LogP contribution in [0.15, 0.2) is 54.9 Å². The van der Waals surface area contributed by atoms with Crippen molar-refractivity contribution >= 4 is 6.29 Å². The molecular weight excluding hydrogens is 284 g/mol. The van der Waals surface area contributed by atoms with E-state index in [1.165, 1.54) is 0 Å². The summed E-state index contributed by atoms with van der Waals surface area (Å²) < 4.78 is 2.02. The second-order valence-electron chi connectivity index (χ2n) is 5.91. The number of carbonyl (C=O) groups excluding carboxylic acids is 1. The maximum absolute atomic E-state index is 10.9. The molecule has 0 fully saturated rings. The lowest BCUT2D eigenvalue weighted by Gasteiger charge is -2.07. The largest absolute Gasteiger partial charge is 0.337 e. The Labute approximate surface area is 136 Å². The quantitative estimate of drug-likeness (QED) is 0.671. The fraction of sp³-hybridized carbons (Fsp3) is 0.200. The van der Waals surface area contributed by atoms with Crippen molar-refractivity contribution in [2.45, 2.75) is 19.8 Å². The molecule has 0 aliphatic heterocycles. The van der Waals surface area contributed by atoms with Gasteiger partial charge in [0.2, 0.25) is 0 Å². The summed E-state index contributed by atoms with van der Waals surface area (Å²) in [6, 6.07) is 16.6. The van der Waals surface area contributed by atoms with E-state index in [1.807, 2.05) is 37.0 Å². The van der Waals surface area contributed by atoms with Gasteiger partial charge in [-0.05, 0) is 23.6 Å². The summed E-state index contributed by atoms with van der Waals surface area (Å²) >= 11 is 0. The number of aryl methyl sites for hydroxylation is 1. The third kappa shape index (κ3) is 2.95. The molecule has 116 valence electrons. The SMILES string of the molecule is Cc1c(-c2ccc(-c3ccc(C(C)C=O)cc3)cc2)ncn1C. The Kier molecular flexibility index (Phi) is 4.11. The van der Waals surface area contributed by atoms with Crippen molar-refractivity contribution in [1.29, 1.82) is 0 Å². The molecule has 0 radical (unpaired) electrons. The Morgan fingerprint density at radius 3 is 1.96 bits per heavy atom. The number of hydrogen-bond donors (Lipinski definition) is 0. The van der Waals surface area contributed by atoms with Gasteiger partial charge in [-0.1, -0.05) is 55.5 Å². The third-order valence-corrected chi connectivity index (χ3v) is 4.36. The van der Waals surface area contributed by atoms with Crippen LogP contribution in [0.5, 0.6) is 0 Å². The van der Waals surface area contributed by atoms with Crippen molar-refractivity contribution in [2.75, 3.05) is 0 Å². The van der Waals surface area contributed by atoms with Crippen LogP contribution in [0.3, 0.4) is 0 Å². The molecule has 0 saturated heterocycles. The lowest BCUT2D eigenvalue weighted by Crippen LogP contribution is -1.93. The van der Waals surface area contributed by atoms with Gasteiger partial charge in [0.15, 0.2) is 0 Å². The van der Waals surface area contributed by atoms with Gasteiger partial charge in [0.25, 0.3) is 0 Å². The van der Waals surface area contributed by atoms with E-state index in [4.69, 9.17) is 0 Å². The van der Waals surface area contributed by atoms with Crippen molar-refractivity contribution in [1.82, 2.24) is 9.55 Å². The number of aldehydes is 1. The zero-order valence-corrected chi connectivity index (χ0v) is 13.7. The molecule has 2 aromatic carbocycles. The van der Waals surface area contributed by atoms with E-state index in [-0.39, 0.29) is 5.92 Å². The average Bonchev–Trinajstić information content (AvgIpc) is 2.94.